The van der Waals surface area contributed by atoms with Gasteiger partial charge in [-0.25, -0.2) is 0 Å². The summed E-state index contributed by atoms with van der Waals surface area (Å²) in [4.78, 5) is 63.2. The van der Waals surface area contributed by atoms with Crippen LogP contribution in [0.1, 0.15) is 53.0 Å². The summed E-state index contributed by atoms with van der Waals surface area (Å²) in [6.45, 7) is 5.12. The molecule has 2 aliphatic rings. The highest BCUT2D eigenvalue weighted by molar-refractivity contribution is 5.99. The van der Waals surface area contributed by atoms with Crippen molar-refractivity contribution >= 4 is 34.5 Å². The van der Waals surface area contributed by atoms with Crippen molar-refractivity contribution in [3.8, 4) is 11.5 Å². The average molecular weight is 706 g/mol. The first kappa shape index (κ1) is 36.3. The van der Waals surface area contributed by atoms with Crippen LogP contribution in [0.4, 0.5) is 0 Å². The highest BCUT2D eigenvalue weighted by Crippen LogP contribution is 2.38. The Bertz CT molecular complexity index is 1920. The van der Waals surface area contributed by atoms with Crippen molar-refractivity contribution in [3.05, 3.63) is 102 Å². The summed E-state index contributed by atoms with van der Waals surface area (Å²) in [7, 11) is 3.10. The standard InChI is InChI=1S/C41H47N5O6/c1-26(2)52-36-18-16-30(21-37(36)51-4)41(50)45-22-31-23-46(40(49)29-15-17-34-28(20-29)13-9-19-43-34)25-33(32(31)24-45)38(47)44-35(39(48)42-3)14-8-12-27-10-6-5-7-11-27/h5-7,9-11,13,15-21,26,31-33,35H,8,12,14,22-25H2,1-4H3,(H,42,48)(H,44,47)/t31?,32?,33?,35-/m0/s1. The number of aryl methyl sites for hydroxylation is 1. The van der Waals surface area contributed by atoms with Crippen molar-refractivity contribution in [3.63, 3.8) is 0 Å². The number of piperidine rings is 1. The van der Waals surface area contributed by atoms with E-state index in [1.165, 1.54) is 7.11 Å². The van der Waals surface area contributed by atoms with E-state index in [1.54, 1.807) is 47.3 Å². The van der Waals surface area contributed by atoms with E-state index < -0.39 is 12.0 Å². The van der Waals surface area contributed by atoms with Gasteiger partial charge < -0.3 is 29.9 Å². The Kier molecular flexibility index (Phi) is 11.4. The Morgan fingerprint density at radius 3 is 2.27 bits per heavy atom. The molecule has 0 spiro atoms. The second-order valence-electron chi connectivity index (χ2n) is 13.9. The number of pyridine rings is 1. The molecule has 272 valence electrons. The van der Waals surface area contributed by atoms with Crippen molar-refractivity contribution in [1.82, 2.24) is 25.4 Å². The van der Waals surface area contributed by atoms with E-state index in [2.05, 4.69) is 15.6 Å². The van der Waals surface area contributed by atoms with Gasteiger partial charge in [-0.1, -0.05) is 36.4 Å². The van der Waals surface area contributed by atoms with Crippen LogP contribution in [0, 0.1) is 17.8 Å². The van der Waals surface area contributed by atoms with Crippen LogP contribution < -0.4 is 20.1 Å². The molecule has 6 rings (SSSR count). The van der Waals surface area contributed by atoms with Crippen LogP contribution in [0.15, 0.2) is 85.1 Å². The Hall–Kier alpha value is -5.45. The van der Waals surface area contributed by atoms with Crippen LogP contribution in [-0.2, 0) is 16.0 Å². The number of nitrogens with zero attached hydrogens (tertiary/aromatic N) is 3. The van der Waals surface area contributed by atoms with Gasteiger partial charge in [-0.2, -0.15) is 0 Å². The zero-order valence-electron chi connectivity index (χ0n) is 30.2. The quantitative estimate of drug-likeness (QED) is 0.218. The van der Waals surface area contributed by atoms with Crippen LogP contribution >= 0.6 is 0 Å². The number of rotatable bonds is 12. The number of carbonyl (C=O) groups is 4. The Labute approximate surface area is 304 Å². The average Bonchev–Trinajstić information content (AvgIpc) is 3.60. The predicted molar refractivity (Wildman–Crippen MR) is 198 cm³/mol. The van der Waals surface area contributed by atoms with Gasteiger partial charge in [-0.05, 0) is 93.0 Å². The molecule has 2 saturated heterocycles. The van der Waals surface area contributed by atoms with Gasteiger partial charge in [0.15, 0.2) is 11.5 Å². The maximum atomic E-state index is 14.3. The van der Waals surface area contributed by atoms with E-state index >= 15 is 0 Å². The number of hydrogen-bond acceptors (Lipinski definition) is 7. The molecule has 1 aromatic heterocycles. The minimum atomic E-state index is -0.739. The number of methoxy groups -OCH3 is 1. The largest absolute Gasteiger partial charge is 0.493 e. The van der Waals surface area contributed by atoms with Gasteiger partial charge >= 0.3 is 0 Å². The first-order chi connectivity index (χ1) is 25.1. The monoisotopic (exact) mass is 705 g/mol. The molecule has 52 heavy (non-hydrogen) atoms. The van der Waals surface area contributed by atoms with E-state index in [0.29, 0.717) is 55.1 Å². The number of likely N-dealkylation sites (tertiary alicyclic amines) is 2. The molecule has 11 heteroatoms. The van der Waals surface area contributed by atoms with Crippen LogP contribution in [0.3, 0.4) is 0 Å². The number of carbonyl (C=O) groups excluding carboxylic acids is 4. The Morgan fingerprint density at radius 1 is 0.846 bits per heavy atom. The fourth-order valence-electron chi connectivity index (χ4n) is 7.49. The van der Waals surface area contributed by atoms with Gasteiger partial charge in [-0.15, -0.1) is 0 Å². The Morgan fingerprint density at radius 2 is 1.56 bits per heavy atom. The molecular formula is C41H47N5O6. The lowest BCUT2D eigenvalue weighted by atomic mass is 9.79. The van der Waals surface area contributed by atoms with Crippen molar-refractivity contribution in [2.24, 2.45) is 17.8 Å². The second kappa shape index (κ2) is 16.3. The molecule has 0 saturated carbocycles. The van der Waals surface area contributed by atoms with Gasteiger partial charge in [-0.3, -0.25) is 24.2 Å². The molecule has 3 heterocycles. The van der Waals surface area contributed by atoms with E-state index in [1.807, 2.05) is 68.4 Å². The maximum absolute atomic E-state index is 14.3. The molecule has 0 radical (unpaired) electrons. The SMILES string of the molecule is CNC(=O)[C@H](CCCc1ccccc1)NC(=O)C1CN(C(=O)c2ccc3ncccc3c2)CC2CN(C(=O)c3ccc(OC(C)C)c(OC)c3)CC21. The van der Waals surface area contributed by atoms with Gasteiger partial charge in [0.25, 0.3) is 11.8 Å². The molecule has 2 aliphatic heterocycles. The lowest BCUT2D eigenvalue weighted by Gasteiger charge is -2.40. The van der Waals surface area contributed by atoms with Gasteiger partial charge in [0.1, 0.15) is 6.04 Å². The van der Waals surface area contributed by atoms with Crippen molar-refractivity contribution in [1.29, 1.82) is 0 Å². The molecule has 4 amide bonds. The lowest BCUT2D eigenvalue weighted by Crippen LogP contribution is -2.56. The number of aromatic nitrogens is 1. The Balaban J connectivity index is 1.24. The van der Waals surface area contributed by atoms with Crippen LogP contribution in [-0.4, -0.2) is 90.9 Å². The summed E-state index contributed by atoms with van der Waals surface area (Å²) in [5, 5.41) is 6.59. The van der Waals surface area contributed by atoms with Crippen LogP contribution in [0.5, 0.6) is 11.5 Å². The minimum absolute atomic E-state index is 0.0657. The van der Waals surface area contributed by atoms with E-state index in [0.717, 1.165) is 22.9 Å². The molecule has 4 atom stereocenters. The smallest absolute Gasteiger partial charge is 0.254 e. The maximum Gasteiger partial charge on any atom is 0.254 e. The van der Waals surface area contributed by atoms with Crippen molar-refractivity contribution in [2.75, 3.05) is 40.3 Å². The lowest BCUT2D eigenvalue weighted by molar-refractivity contribution is -0.133. The van der Waals surface area contributed by atoms with Crippen LogP contribution in [0.2, 0.25) is 0 Å². The van der Waals surface area contributed by atoms with Crippen molar-refractivity contribution < 1.29 is 28.7 Å². The highest BCUT2D eigenvalue weighted by Gasteiger charge is 2.48. The molecule has 4 aromatic rings. The minimum Gasteiger partial charge on any atom is -0.493 e. The fraction of sp³-hybridized carbons (Fsp3) is 0.390. The summed E-state index contributed by atoms with van der Waals surface area (Å²) < 4.78 is 11.4. The number of likely N-dealkylation sites (N-methyl/N-ethyl adjacent to an activating group) is 1. The van der Waals surface area contributed by atoms with E-state index in [-0.39, 0.29) is 48.1 Å². The first-order valence-corrected chi connectivity index (χ1v) is 18.0. The molecule has 11 nitrogen and oxygen atoms in total. The number of amides is 4. The van der Waals surface area contributed by atoms with Gasteiger partial charge in [0, 0.05) is 55.9 Å². The first-order valence-electron chi connectivity index (χ1n) is 18.0. The van der Waals surface area contributed by atoms with Gasteiger partial charge in [0.2, 0.25) is 11.8 Å². The zero-order chi connectivity index (χ0) is 36.8. The molecular weight excluding hydrogens is 658 g/mol. The normalized spacial score (nSPS) is 18.8. The number of hydrogen-bond donors (Lipinski definition) is 2. The second-order valence-corrected chi connectivity index (χ2v) is 13.9. The topological polar surface area (TPSA) is 130 Å². The van der Waals surface area contributed by atoms with Crippen LogP contribution in [0.25, 0.3) is 10.9 Å². The third kappa shape index (κ3) is 8.19. The summed E-state index contributed by atoms with van der Waals surface area (Å²) in [5.74, 6) is -0.939. The number of fused-ring (bicyclic) bond motifs is 2. The predicted octanol–water partition coefficient (Wildman–Crippen LogP) is 4.74. The molecule has 0 aliphatic carbocycles. The zero-order valence-corrected chi connectivity index (χ0v) is 30.2. The number of nitrogens with one attached hydrogen (secondary N) is 2. The van der Waals surface area contributed by atoms with E-state index in [4.69, 9.17) is 9.47 Å². The molecule has 2 fully saturated rings. The van der Waals surface area contributed by atoms with Gasteiger partial charge in [0.05, 0.1) is 24.6 Å². The molecule has 0 bridgehead atoms. The molecule has 2 N–H and O–H groups in total. The highest BCUT2D eigenvalue weighted by atomic mass is 16.5. The number of ether oxygens (including phenoxy) is 2. The summed E-state index contributed by atoms with van der Waals surface area (Å²) in [6, 6.07) is 23.6. The summed E-state index contributed by atoms with van der Waals surface area (Å²) >= 11 is 0. The van der Waals surface area contributed by atoms with Crippen molar-refractivity contribution in [2.45, 2.75) is 45.3 Å². The fourth-order valence-corrected chi connectivity index (χ4v) is 7.49. The number of benzene rings is 3. The summed E-state index contributed by atoms with van der Waals surface area (Å²) in [5.41, 5.74) is 2.90. The third-order valence-corrected chi connectivity index (χ3v) is 10.1. The molecule has 3 unspecified atom stereocenters. The molecule has 3 aromatic carbocycles. The van der Waals surface area contributed by atoms with E-state index in [9.17, 15) is 19.2 Å². The third-order valence-electron chi connectivity index (χ3n) is 10.1. The summed E-state index contributed by atoms with van der Waals surface area (Å²) in [6.07, 6.45) is 3.58.